The van der Waals surface area contributed by atoms with Crippen LogP contribution in [0.5, 0.6) is 0 Å². The third kappa shape index (κ3) is 3.34. The van der Waals surface area contributed by atoms with Crippen molar-refractivity contribution in [3.05, 3.63) is 12.7 Å². The van der Waals surface area contributed by atoms with Gasteiger partial charge in [0.1, 0.15) is 0 Å². The van der Waals surface area contributed by atoms with E-state index in [1.807, 2.05) is 11.0 Å². The fraction of sp³-hybridized carbons (Fsp3) is 0.750. The lowest BCUT2D eigenvalue weighted by molar-refractivity contribution is -0.133. The number of carbonyl (C=O) groups excluding carboxylic acids is 1. The first-order valence-electron chi connectivity index (χ1n) is 5.86. The number of amides is 1. The maximum atomic E-state index is 11.9. The van der Waals surface area contributed by atoms with E-state index in [0.29, 0.717) is 5.92 Å². The van der Waals surface area contributed by atoms with Gasteiger partial charge in [-0.05, 0) is 25.2 Å². The molecule has 1 rings (SSSR count). The van der Waals surface area contributed by atoms with Crippen LogP contribution in [-0.4, -0.2) is 29.9 Å². The second kappa shape index (κ2) is 5.91. The Morgan fingerprint density at radius 2 is 2.20 bits per heavy atom. The molecule has 86 valence electrons. The van der Waals surface area contributed by atoms with Crippen LogP contribution in [0.4, 0.5) is 0 Å². The van der Waals surface area contributed by atoms with Crippen molar-refractivity contribution in [1.29, 1.82) is 0 Å². The quantitative estimate of drug-likeness (QED) is 0.715. The second-order valence-electron chi connectivity index (χ2n) is 4.29. The van der Waals surface area contributed by atoms with Gasteiger partial charge in [-0.15, -0.1) is 6.58 Å². The normalized spacial score (nSPS) is 20.0. The van der Waals surface area contributed by atoms with Crippen molar-refractivity contribution in [3.63, 3.8) is 0 Å². The van der Waals surface area contributed by atoms with Gasteiger partial charge >= 0.3 is 0 Å². The Kier molecular flexibility index (Phi) is 4.82. The Hall–Kier alpha value is -0.830. The minimum atomic E-state index is -0.296. The molecule has 1 saturated heterocycles. The molecule has 0 radical (unpaired) electrons. The highest BCUT2D eigenvalue weighted by molar-refractivity contribution is 5.81. The zero-order valence-electron chi connectivity index (χ0n) is 9.61. The first kappa shape index (κ1) is 12.2. The molecule has 1 atom stereocenters. The van der Waals surface area contributed by atoms with E-state index in [4.69, 9.17) is 5.73 Å². The van der Waals surface area contributed by atoms with Gasteiger partial charge in [0.2, 0.25) is 5.91 Å². The van der Waals surface area contributed by atoms with Crippen LogP contribution < -0.4 is 5.73 Å². The van der Waals surface area contributed by atoms with Gasteiger partial charge in [-0.1, -0.05) is 19.4 Å². The van der Waals surface area contributed by atoms with Gasteiger partial charge < -0.3 is 10.6 Å². The molecule has 3 nitrogen and oxygen atoms in total. The summed E-state index contributed by atoms with van der Waals surface area (Å²) in [5, 5.41) is 0. The summed E-state index contributed by atoms with van der Waals surface area (Å²) in [5.74, 6) is 0.704. The molecule has 0 saturated carbocycles. The Morgan fingerprint density at radius 1 is 1.60 bits per heavy atom. The van der Waals surface area contributed by atoms with Crippen LogP contribution >= 0.6 is 0 Å². The summed E-state index contributed by atoms with van der Waals surface area (Å²) >= 11 is 0. The molecule has 1 unspecified atom stereocenters. The summed E-state index contributed by atoms with van der Waals surface area (Å²) in [6.07, 6.45) is 5.83. The molecular weight excluding hydrogens is 188 g/mol. The fourth-order valence-electron chi connectivity index (χ4n) is 2.02. The van der Waals surface area contributed by atoms with Crippen molar-refractivity contribution in [2.45, 2.75) is 38.6 Å². The summed E-state index contributed by atoms with van der Waals surface area (Å²) in [6, 6.07) is -0.296. The molecule has 0 aromatic carbocycles. The van der Waals surface area contributed by atoms with Gasteiger partial charge in [0.25, 0.3) is 0 Å². The Balaban J connectivity index is 2.38. The molecule has 1 aliphatic heterocycles. The minimum Gasteiger partial charge on any atom is -0.341 e. The van der Waals surface area contributed by atoms with Crippen molar-refractivity contribution in [2.24, 2.45) is 11.7 Å². The molecule has 0 aromatic rings. The number of nitrogens with zero attached hydrogens (tertiary/aromatic N) is 1. The summed E-state index contributed by atoms with van der Waals surface area (Å²) < 4.78 is 0. The van der Waals surface area contributed by atoms with Crippen LogP contribution in [0, 0.1) is 5.92 Å². The molecule has 0 aromatic heterocycles. The van der Waals surface area contributed by atoms with E-state index in [1.54, 1.807) is 0 Å². The number of hydrogen-bond donors (Lipinski definition) is 1. The van der Waals surface area contributed by atoms with Crippen LogP contribution in [0.25, 0.3) is 0 Å². The summed E-state index contributed by atoms with van der Waals surface area (Å²) in [5.41, 5.74) is 5.81. The van der Waals surface area contributed by atoms with Crippen LogP contribution in [0.2, 0.25) is 0 Å². The summed E-state index contributed by atoms with van der Waals surface area (Å²) in [4.78, 5) is 13.8. The molecule has 0 aliphatic carbocycles. The van der Waals surface area contributed by atoms with E-state index in [1.165, 1.54) is 0 Å². The minimum absolute atomic E-state index is 0.124. The largest absolute Gasteiger partial charge is 0.341 e. The highest BCUT2D eigenvalue weighted by Gasteiger charge is 2.24. The van der Waals surface area contributed by atoms with Crippen molar-refractivity contribution < 1.29 is 4.79 Å². The average molecular weight is 210 g/mol. The second-order valence-corrected chi connectivity index (χ2v) is 4.29. The third-order valence-electron chi connectivity index (χ3n) is 3.10. The molecule has 2 N–H and O–H groups in total. The van der Waals surface area contributed by atoms with Crippen molar-refractivity contribution in [3.8, 4) is 0 Å². The zero-order valence-corrected chi connectivity index (χ0v) is 9.61. The van der Waals surface area contributed by atoms with Crippen molar-refractivity contribution in [2.75, 3.05) is 13.1 Å². The van der Waals surface area contributed by atoms with E-state index in [0.717, 1.165) is 38.8 Å². The van der Waals surface area contributed by atoms with E-state index in [-0.39, 0.29) is 11.9 Å². The first-order valence-corrected chi connectivity index (χ1v) is 5.86. The number of piperidine rings is 1. The highest BCUT2D eigenvalue weighted by Crippen LogP contribution is 2.18. The smallest absolute Gasteiger partial charge is 0.239 e. The monoisotopic (exact) mass is 210 g/mol. The Bertz CT molecular complexity index is 220. The zero-order chi connectivity index (χ0) is 11.3. The lowest BCUT2D eigenvalue weighted by Gasteiger charge is -2.32. The maximum Gasteiger partial charge on any atom is 0.239 e. The Morgan fingerprint density at radius 3 is 2.67 bits per heavy atom. The van der Waals surface area contributed by atoms with Gasteiger partial charge in [0.05, 0.1) is 6.04 Å². The molecule has 1 aliphatic rings. The number of likely N-dealkylation sites (tertiary alicyclic amines) is 1. The number of rotatable bonds is 4. The maximum absolute atomic E-state index is 11.9. The Labute approximate surface area is 92.3 Å². The van der Waals surface area contributed by atoms with Gasteiger partial charge in [-0.3, -0.25) is 4.79 Å². The van der Waals surface area contributed by atoms with Crippen molar-refractivity contribution >= 4 is 5.91 Å². The standard InChI is InChI=1S/C12H22N2O/c1-3-5-11(13)12(15)14-8-6-10(4-2)7-9-14/h4,10-11H,2-3,5-9,13H2,1H3. The van der Waals surface area contributed by atoms with Gasteiger partial charge in [0, 0.05) is 13.1 Å². The van der Waals surface area contributed by atoms with Crippen LogP contribution in [0.15, 0.2) is 12.7 Å². The molecule has 1 fully saturated rings. The van der Waals surface area contributed by atoms with E-state index >= 15 is 0 Å². The molecule has 3 heteroatoms. The van der Waals surface area contributed by atoms with Gasteiger partial charge in [0.15, 0.2) is 0 Å². The average Bonchev–Trinajstić information content (AvgIpc) is 2.28. The lowest BCUT2D eigenvalue weighted by Crippen LogP contribution is -2.46. The SMILES string of the molecule is C=CC1CCN(C(=O)C(N)CCC)CC1. The van der Waals surface area contributed by atoms with E-state index in [2.05, 4.69) is 13.5 Å². The number of nitrogens with two attached hydrogens (primary N) is 1. The molecule has 1 amide bonds. The number of hydrogen-bond acceptors (Lipinski definition) is 2. The van der Waals surface area contributed by atoms with Gasteiger partial charge in [-0.25, -0.2) is 0 Å². The number of allylic oxidation sites excluding steroid dienone is 1. The first-order chi connectivity index (χ1) is 7.19. The lowest BCUT2D eigenvalue weighted by atomic mass is 9.96. The van der Waals surface area contributed by atoms with Gasteiger partial charge in [-0.2, -0.15) is 0 Å². The fourth-order valence-corrected chi connectivity index (χ4v) is 2.02. The summed E-state index contributed by atoms with van der Waals surface area (Å²) in [7, 11) is 0. The molecular formula is C12H22N2O. The van der Waals surface area contributed by atoms with Crippen molar-refractivity contribution in [1.82, 2.24) is 4.90 Å². The predicted octanol–water partition coefficient (Wildman–Crippen LogP) is 1.54. The molecule has 0 bridgehead atoms. The molecule has 1 heterocycles. The van der Waals surface area contributed by atoms with Crippen LogP contribution in [0.1, 0.15) is 32.6 Å². The predicted molar refractivity (Wildman–Crippen MR) is 62.4 cm³/mol. The number of carbonyl (C=O) groups is 1. The topological polar surface area (TPSA) is 46.3 Å². The highest BCUT2D eigenvalue weighted by atomic mass is 16.2. The van der Waals surface area contributed by atoms with E-state index < -0.39 is 0 Å². The molecule has 0 spiro atoms. The summed E-state index contributed by atoms with van der Waals surface area (Å²) in [6.45, 7) is 7.52. The molecule has 15 heavy (non-hydrogen) atoms. The van der Waals surface area contributed by atoms with Crippen LogP contribution in [-0.2, 0) is 4.79 Å². The third-order valence-corrected chi connectivity index (χ3v) is 3.10. The van der Waals surface area contributed by atoms with E-state index in [9.17, 15) is 4.79 Å². The van der Waals surface area contributed by atoms with Crippen LogP contribution in [0.3, 0.4) is 0 Å².